The van der Waals surface area contributed by atoms with Gasteiger partial charge in [0.2, 0.25) is 0 Å². The molecule has 0 radical (unpaired) electrons. The molecule has 2 aromatic heterocycles. The van der Waals surface area contributed by atoms with E-state index in [0.29, 0.717) is 12.4 Å². The number of nitrogen functional groups attached to an aromatic ring is 1. The van der Waals surface area contributed by atoms with Crippen molar-refractivity contribution in [1.29, 1.82) is 5.26 Å². The number of rotatable bonds is 4. The summed E-state index contributed by atoms with van der Waals surface area (Å²) in [5.74, 6) is 0.481. The Balaban J connectivity index is 0.00000109. The van der Waals surface area contributed by atoms with Crippen molar-refractivity contribution in [3.05, 3.63) is 24.2 Å². The van der Waals surface area contributed by atoms with Gasteiger partial charge in [-0.15, -0.1) is 0 Å². The molecule has 8 nitrogen and oxygen atoms in total. The quantitative estimate of drug-likeness (QED) is 0.634. The number of carbonyl (C=O) groups excluding carboxylic acids is 1. The molecule has 3 heterocycles. The first-order chi connectivity index (χ1) is 13.7. The molecular formula is C20H27N5O3. The van der Waals surface area contributed by atoms with E-state index in [1.165, 1.54) is 19.2 Å². The van der Waals surface area contributed by atoms with Gasteiger partial charge in [-0.1, -0.05) is 25.7 Å². The van der Waals surface area contributed by atoms with Crippen LogP contribution in [0, 0.1) is 17.8 Å². The number of nitrogens with zero attached hydrogens (tertiary/aromatic N) is 4. The number of nitriles is 1. The van der Waals surface area contributed by atoms with E-state index in [4.69, 9.17) is 20.5 Å². The van der Waals surface area contributed by atoms with Crippen LogP contribution in [0.3, 0.4) is 0 Å². The fraction of sp³-hybridized carbons (Fsp3) is 0.600. The number of nitrogens with two attached hydrogens (primary N) is 1. The van der Waals surface area contributed by atoms with E-state index in [2.05, 4.69) is 16.7 Å². The molecule has 8 heteroatoms. The number of fused-ring (bicyclic) bond motifs is 1. The van der Waals surface area contributed by atoms with Gasteiger partial charge in [0.15, 0.2) is 5.82 Å². The highest BCUT2D eigenvalue weighted by Gasteiger charge is 2.30. The molecule has 28 heavy (non-hydrogen) atoms. The second kappa shape index (κ2) is 9.51. The highest BCUT2D eigenvalue weighted by atomic mass is 16.6. The molecule has 0 amide bonds. The van der Waals surface area contributed by atoms with Crippen LogP contribution in [0.15, 0.2) is 18.5 Å². The lowest BCUT2D eigenvalue weighted by Gasteiger charge is -2.17. The molecule has 2 aromatic rings. The lowest BCUT2D eigenvalue weighted by molar-refractivity contribution is -0.153. The molecular weight excluding hydrogens is 358 g/mol. The number of aromatic nitrogens is 3. The smallest absolute Gasteiger partial charge is 0.309 e. The van der Waals surface area contributed by atoms with E-state index in [0.717, 1.165) is 49.7 Å². The Bertz CT molecular complexity index is 811. The van der Waals surface area contributed by atoms with Crippen molar-refractivity contribution < 1.29 is 14.3 Å². The number of carbonyl (C=O) groups is 1. The first-order valence-corrected chi connectivity index (χ1v) is 9.88. The zero-order valence-corrected chi connectivity index (χ0v) is 16.0. The Hall–Kier alpha value is -2.66. The summed E-state index contributed by atoms with van der Waals surface area (Å²) in [6.45, 7) is 3.84. The summed E-state index contributed by atoms with van der Waals surface area (Å²) in [5.41, 5.74) is 7.64. The first-order valence-electron chi connectivity index (χ1n) is 9.88. The molecule has 1 saturated carbocycles. The lowest BCUT2D eigenvalue weighted by Crippen LogP contribution is -2.23. The Morgan fingerprint density at radius 3 is 2.71 bits per heavy atom. The number of ether oxygens (including phenoxy) is 2. The summed E-state index contributed by atoms with van der Waals surface area (Å²) in [6, 6.07) is 3.89. The van der Waals surface area contributed by atoms with Crippen molar-refractivity contribution in [1.82, 2.24) is 14.6 Å². The van der Waals surface area contributed by atoms with Gasteiger partial charge in [-0.05, 0) is 37.8 Å². The molecule has 4 rings (SSSR count). The first kappa shape index (κ1) is 20.1. The summed E-state index contributed by atoms with van der Waals surface area (Å²) < 4.78 is 13.5. The van der Waals surface area contributed by atoms with Crippen LogP contribution in [0.1, 0.15) is 63.2 Å². The molecule has 1 aliphatic heterocycles. The zero-order chi connectivity index (χ0) is 19.9. The molecule has 1 saturated heterocycles. The molecule has 2 N–H and O–H groups in total. The van der Waals surface area contributed by atoms with Gasteiger partial charge in [-0.25, -0.2) is 14.8 Å². The predicted molar refractivity (Wildman–Crippen MR) is 103 cm³/mol. The maximum Gasteiger partial charge on any atom is 0.309 e. The molecule has 2 unspecified atom stereocenters. The van der Waals surface area contributed by atoms with Crippen LogP contribution in [0.25, 0.3) is 5.52 Å². The molecule has 2 aliphatic rings. The number of esters is 1. The molecule has 2 atom stereocenters. The lowest BCUT2D eigenvalue weighted by atomic mass is 10.0. The number of anilines is 1. The highest BCUT2D eigenvalue weighted by Crippen LogP contribution is 2.34. The summed E-state index contributed by atoms with van der Waals surface area (Å²) in [5, 5.41) is 10.8. The van der Waals surface area contributed by atoms with Crippen molar-refractivity contribution in [2.24, 2.45) is 5.92 Å². The molecule has 0 aromatic carbocycles. The average molecular weight is 385 g/mol. The van der Waals surface area contributed by atoms with Gasteiger partial charge < -0.3 is 15.2 Å². The van der Waals surface area contributed by atoms with Crippen molar-refractivity contribution in [2.45, 2.75) is 63.6 Å². The van der Waals surface area contributed by atoms with Gasteiger partial charge in [0, 0.05) is 6.57 Å². The molecule has 2 fully saturated rings. The molecule has 0 spiro atoms. The van der Waals surface area contributed by atoms with Gasteiger partial charge in [-0.3, -0.25) is 4.79 Å². The Morgan fingerprint density at radius 1 is 1.21 bits per heavy atom. The Kier molecular flexibility index (Phi) is 6.82. The van der Waals surface area contributed by atoms with Crippen LogP contribution in [-0.2, 0) is 14.3 Å². The van der Waals surface area contributed by atoms with Gasteiger partial charge in [0.25, 0.3) is 0 Å². The maximum absolute atomic E-state index is 12.3. The summed E-state index contributed by atoms with van der Waals surface area (Å²) in [6.07, 6.45) is 9.74. The van der Waals surface area contributed by atoms with E-state index >= 15 is 0 Å². The van der Waals surface area contributed by atoms with Crippen LogP contribution in [0.5, 0.6) is 0 Å². The summed E-state index contributed by atoms with van der Waals surface area (Å²) >= 11 is 0. The standard InChI is InChI=1S/C19H26N4O3.CHN/c20-18-16-9-8-15(23(16)22-12-21-18)17-10-7-14(26-17)11-25-19(24)13-5-3-1-2-4-6-13;1-2/h8-9,12-14,17H,1-7,10-11H2,(H2,20,21,22);1H. The van der Waals surface area contributed by atoms with Crippen LogP contribution in [-0.4, -0.2) is 33.3 Å². The summed E-state index contributed by atoms with van der Waals surface area (Å²) in [7, 11) is 0. The average Bonchev–Trinajstić information content (AvgIpc) is 3.27. The third kappa shape index (κ3) is 4.42. The maximum atomic E-state index is 12.3. The highest BCUT2D eigenvalue weighted by molar-refractivity contribution is 5.72. The van der Waals surface area contributed by atoms with Gasteiger partial charge in [0.1, 0.15) is 24.6 Å². The Morgan fingerprint density at radius 2 is 1.96 bits per heavy atom. The second-order valence-corrected chi connectivity index (χ2v) is 7.34. The van der Waals surface area contributed by atoms with Gasteiger partial charge in [0.05, 0.1) is 17.7 Å². The third-order valence-electron chi connectivity index (χ3n) is 5.55. The van der Waals surface area contributed by atoms with Crippen LogP contribution >= 0.6 is 0 Å². The van der Waals surface area contributed by atoms with Crippen LogP contribution in [0.4, 0.5) is 5.82 Å². The van der Waals surface area contributed by atoms with Crippen LogP contribution < -0.4 is 5.73 Å². The van der Waals surface area contributed by atoms with E-state index in [9.17, 15) is 4.79 Å². The molecule has 150 valence electrons. The minimum absolute atomic E-state index is 0.0485. The van der Waals surface area contributed by atoms with Gasteiger partial charge in [-0.2, -0.15) is 5.10 Å². The minimum atomic E-state index is -0.0617. The molecule has 0 bridgehead atoms. The topological polar surface area (TPSA) is 116 Å². The van der Waals surface area contributed by atoms with E-state index in [1.807, 2.05) is 12.1 Å². The monoisotopic (exact) mass is 385 g/mol. The predicted octanol–water partition coefficient (Wildman–Crippen LogP) is 3.18. The number of hydrogen-bond acceptors (Lipinski definition) is 7. The number of hydrogen-bond donors (Lipinski definition) is 1. The normalized spacial score (nSPS) is 22.9. The van der Waals surface area contributed by atoms with E-state index < -0.39 is 0 Å². The zero-order valence-electron chi connectivity index (χ0n) is 16.0. The van der Waals surface area contributed by atoms with E-state index in [-0.39, 0.29) is 24.1 Å². The van der Waals surface area contributed by atoms with Crippen LogP contribution in [0.2, 0.25) is 0 Å². The summed E-state index contributed by atoms with van der Waals surface area (Å²) in [4.78, 5) is 16.3. The fourth-order valence-electron chi connectivity index (χ4n) is 4.07. The Labute approximate surface area is 164 Å². The van der Waals surface area contributed by atoms with Crippen molar-refractivity contribution >= 4 is 17.3 Å². The van der Waals surface area contributed by atoms with Crippen molar-refractivity contribution in [3.8, 4) is 6.57 Å². The fourth-order valence-corrected chi connectivity index (χ4v) is 4.07. The SMILES string of the molecule is C#N.Nc1ncnn2c(C3CCC(COC(=O)C4CCCCCC4)O3)ccc12. The van der Waals surface area contributed by atoms with Crippen molar-refractivity contribution in [3.63, 3.8) is 0 Å². The molecule has 1 aliphatic carbocycles. The third-order valence-corrected chi connectivity index (χ3v) is 5.55. The largest absolute Gasteiger partial charge is 0.463 e. The van der Waals surface area contributed by atoms with E-state index in [1.54, 1.807) is 4.52 Å². The van der Waals surface area contributed by atoms with Gasteiger partial charge >= 0.3 is 5.97 Å². The minimum Gasteiger partial charge on any atom is -0.463 e. The second-order valence-electron chi connectivity index (χ2n) is 7.34. The van der Waals surface area contributed by atoms with Crippen molar-refractivity contribution in [2.75, 3.05) is 12.3 Å².